The molecule has 0 aliphatic carbocycles. The number of benzene rings is 1. The third-order valence-corrected chi connectivity index (χ3v) is 4.44. The summed E-state index contributed by atoms with van der Waals surface area (Å²) in [4.78, 5) is 40.9. The Morgan fingerprint density at radius 3 is 2.52 bits per heavy atom. The van der Waals surface area contributed by atoms with E-state index in [4.69, 9.17) is 10.2 Å². The van der Waals surface area contributed by atoms with Crippen molar-refractivity contribution in [1.29, 1.82) is 0 Å². The second-order valence-electron chi connectivity index (χ2n) is 5.72. The number of rotatable bonds is 5. The van der Waals surface area contributed by atoms with Crippen molar-refractivity contribution in [3.8, 4) is 0 Å². The number of furan rings is 1. The molecule has 0 unspecified atom stereocenters. The molecule has 0 atom stereocenters. The van der Waals surface area contributed by atoms with Gasteiger partial charge in [0.25, 0.3) is 11.5 Å². The maximum absolute atomic E-state index is 12.8. The topological polar surface area (TPSA) is 114 Å². The zero-order chi connectivity index (χ0) is 19.6. The summed E-state index contributed by atoms with van der Waals surface area (Å²) in [6.07, 6.45) is 0. The van der Waals surface area contributed by atoms with E-state index >= 15 is 0 Å². The van der Waals surface area contributed by atoms with Crippen molar-refractivity contribution in [2.75, 3.05) is 17.2 Å². The highest BCUT2D eigenvalue weighted by Gasteiger charge is 2.26. The van der Waals surface area contributed by atoms with Gasteiger partial charge in [0, 0.05) is 6.54 Å². The summed E-state index contributed by atoms with van der Waals surface area (Å²) in [5, 5.41) is 0. The number of nitrogens with two attached hydrogens (primary N) is 1. The lowest BCUT2D eigenvalue weighted by Gasteiger charge is -2.22. The number of anilines is 2. The van der Waals surface area contributed by atoms with Gasteiger partial charge in [-0.25, -0.2) is 4.79 Å². The van der Waals surface area contributed by atoms with Crippen LogP contribution in [-0.4, -0.2) is 22.0 Å². The number of hydrogen-bond donors (Lipinski definition) is 2. The molecule has 0 radical (unpaired) electrons. The summed E-state index contributed by atoms with van der Waals surface area (Å²) >= 11 is 3.14. The van der Waals surface area contributed by atoms with Gasteiger partial charge in [-0.3, -0.25) is 24.0 Å². The molecule has 3 aromatic rings. The predicted octanol–water partition coefficient (Wildman–Crippen LogP) is 2.19. The fourth-order valence-corrected chi connectivity index (χ4v) is 3.03. The second kappa shape index (κ2) is 7.67. The Morgan fingerprint density at radius 1 is 1.22 bits per heavy atom. The first-order valence-electron chi connectivity index (χ1n) is 8.16. The molecule has 0 saturated carbocycles. The van der Waals surface area contributed by atoms with E-state index in [2.05, 4.69) is 20.9 Å². The monoisotopic (exact) mass is 432 g/mol. The van der Waals surface area contributed by atoms with Gasteiger partial charge in [-0.15, -0.1) is 0 Å². The summed E-state index contributed by atoms with van der Waals surface area (Å²) in [7, 11) is 0. The zero-order valence-electron chi connectivity index (χ0n) is 14.4. The van der Waals surface area contributed by atoms with Crippen LogP contribution in [0, 0.1) is 0 Å². The predicted molar refractivity (Wildman–Crippen MR) is 105 cm³/mol. The van der Waals surface area contributed by atoms with E-state index < -0.39 is 17.2 Å². The van der Waals surface area contributed by atoms with Gasteiger partial charge in [0.05, 0.1) is 6.54 Å². The standard InChI is InChI=1S/C18H17BrN4O4/c1-2-22(17(25)12-8-9-13(19)27-12)14-15(20)23(18(26)21-16(14)24)10-11-6-4-3-5-7-11/h3-9H,2,10,20H2,1H3,(H,21,24,26). The minimum atomic E-state index is -0.734. The maximum atomic E-state index is 12.8. The molecule has 3 rings (SSSR count). The number of halogens is 1. The van der Waals surface area contributed by atoms with E-state index in [0.29, 0.717) is 4.67 Å². The molecule has 1 amide bonds. The Balaban J connectivity index is 2.08. The Hall–Kier alpha value is -3.07. The van der Waals surface area contributed by atoms with Crippen LogP contribution in [0.5, 0.6) is 0 Å². The summed E-state index contributed by atoms with van der Waals surface area (Å²) in [5.41, 5.74) is 5.50. The van der Waals surface area contributed by atoms with Gasteiger partial charge >= 0.3 is 5.69 Å². The first kappa shape index (κ1) is 18.7. The van der Waals surface area contributed by atoms with Crippen molar-refractivity contribution >= 4 is 33.3 Å². The van der Waals surface area contributed by atoms with Crippen LogP contribution in [0.25, 0.3) is 0 Å². The molecule has 27 heavy (non-hydrogen) atoms. The second-order valence-corrected chi connectivity index (χ2v) is 6.50. The quantitative estimate of drug-likeness (QED) is 0.640. The number of hydrogen-bond acceptors (Lipinski definition) is 5. The minimum absolute atomic E-state index is 0.0448. The van der Waals surface area contributed by atoms with Crippen molar-refractivity contribution in [3.63, 3.8) is 0 Å². The van der Waals surface area contributed by atoms with E-state index in [1.165, 1.54) is 15.5 Å². The van der Waals surface area contributed by atoms with Crippen molar-refractivity contribution in [2.45, 2.75) is 13.5 Å². The SMILES string of the molecule is CCN(C(=O)c1ccc(Br)o1)c1c(N)n(Cc2ccccc2)c(=O)[nH]c1=O. The van der Waals surface area contributed by atoms with E-state index in [0.717, 1.165) is 5.56 Å². The number of H-pyrrole nitrogens is 1. The number of aromatic amines is 1. The summed E-state index contributed by atoms with van der Waals surface area (Å²) in [6.45, 7) is 2.02. The molecule has 140 valence electrons. The Labute approximate surface area is 162 Å². The van der Waals surface area contributed by atoms with Crippen LogP contribution >= 0.6 is 15.9 Å². The van der Waals surface area contributed by atoms with E-state index in [1.54, 1.807) is 13.0 Å². The Bertz CT molecular complexity index is 1080. The third kappa shape index (κ3) is 3.72. The highest BCUT2D eigenvalue weighted by molar-refractivity contribution is 9.10. The van der Waals surface area contributed by atoms with Crippen molar-refractivity contribution < 1.29 is 9.21 Å². The number of carbonyl (C=O) groups excluding carboxylic acids is 1. The Kier molecular flexibility index (Phi) is 5.31. The molecule has 2 aromatic heterocycles. The van der Waals surface area contributed by atoms with Crippen molar-refractivity contribution in [3.05, 3.63) is 79.3 Å². The van der Waals surface area contributed by atoms with E-state index in [9.17, 15) is 14.4 Å². The number of nitrogens with zero attached hydrogens (tertiary/aromatic N) is 2. The largest absolute Gasteiger partial charge is 0.444 e. The van der Waals surface area contributed by atoms with E-state index in [-0.39, 0.29) is 30.4 Å². The lowest BCUT2D eigenvalue weighted by Crippen LogP contribution is -2.41. The molecule has 0 saturated heterocycles. The van der Waals surface area contributed by atoms with Crippen LogP contribution < -0.4 is 21.9 Å². The first-order chi connectivity index (χ1) is 12.9. The third-order valence-electron chi connectivity index (χ3n) is 4.01. The number of carbonyl (C=O) groups is 1. The fraction of sp³-hybridized carbons (Fsp3) is 0.167. The minimum Gasteiger partial charge on any atom is -0.444 e. The highest BCUT2D eigenvalue weighted by atomic mass is 79.9. The normalized spacial score (nSPS) is 10.7. The molecule has 0 spiro atoms. The molecule has 0 aliphatic rings. The van der Waals surface area contributed by atoms with Crippen molar-refractivity contribution in [1.82, 2.24) is 9.55 Å². The van der Waals surface area contributed by atoms with Gasteiger partial charge in [0.1, 0.15) is 5.82 Å². The number of nitrogens with one attached hydrogen (secondary N) is 1. The average Bonchev–Trinajstić information content (AvgIpc) is 3.09. The van der Waals surface area contributed by atoms with Crippen LogP contribution in [0.1, 0.15) is 23.0 Å². The summed E-state index contributed by atoms with van der Waals surface area (Å²) in [5.74, 6) is -0.581. The smallest absolute Gasteiger partial charge is 0.330 e. The lowest BCUT2D eigenvalue weighted by molar-refractivity contribution is 0.0960. The van der Waals surface area contributed by atoms with Gasteiger partial charge in [-0.05, 0) is 40.5 Å². The fourth-order valence-electron chi connectivity index (χ4n) is 2.73. The van der Waals surface area contributed by atoms with Crippen LogP contribution in [0.15, 0.2) is 61.1 Å². The average molecular weight is 433 g/mol. The summed E-state index contributed by atoms with van der Waals surface area (Å²) in [6, 6.07) is 12.2. The van der Waals surface area contributed by atoms with Crippen LogP contribution in [-0.2, 0) is 6.54 Å². The van der Waals surface area contributed by atoms with Crippen LogP contribution in [0.2, 0.25) is 0 Å². The zero-order valence-corrected chi connectivity index (χ0v) is 16.0. The van der Waals surface area contributed by atoms with Gasteiger partial charge in [-0.2, -0.15) is 0 Å². The number of nitrogen functional groups attached to an aromatic ring is 1. The van der Waals surface area contributed by atoms with Gasteiger partial charge < -0.3 is 10.2 Å². The number of aromatic nitrogens is 2. The first-order valence-corrected chi connectivity index (χ1v) is 8.95. The summed E-state index contributed by atoms with van der Waals surface area (Å²) < 4.78 is 6.89. The van der Waals surface area contributed by atoms with Gasteiger partial charge in [-0.1, -0.05) is 30.3 Å². The number of amides is 1. The highest BCUT2D eigenvalue weighted by Crippen LogP contribution is 2.22. The van der Waals surface area contributed by atoms with Crippen molar-refractivity contribution in [2.24, 2.45) is 0 Å². The molecule has 0 bridgehead atoms. The molecular formula is C18H17BrN4O4. The molecule has 9 heteroatoms. The maximum Gasteiger partial charge on any atom is 0.330 e. The molecule has 0 fully saturated rings. The molecule has 2 heterocycles. The van der Waals surface area contributed by atoms with Gasteiger partial charge in [0.15, 0.2) is 16.1 Å². The molecule has 3 N–H and O–H groups in total. The van der Waals surface area contributed by atoms with E-state index in [1.807, 2.05) is 30.3 Å². The Morgan fingerprint density at radius 2 is 1.93 bits per heavy atom. The lowest BCUT2D eigenvalue weighted by atomic mass is 10.2. The molecule has 8 nitrogen and oxygen atoms in total. The van der Waals surface area contributed by atoms with Gasteiger partial charge in [0.2, 0.25) is 0 Å². The van der Waals surface area contributed by atoms with Crippen LogP contribution in [0.3, 0.4) is 0 Å². The van der Waals surface area contributed by atoms with Crippen LogP contribution in [0.4, 0.5) is 11.5 Å². The molecule has 1 aromatic carbocycles. The molecular weight excluding hydrogens is 416 g/mol. The molecule has 0 aliphatic heterocycles.